The molecule has 21 heavy (non-hydrogen) atoms. The Morgan fingerprint density at radius 1 is 1.19 bits per heavy atom. The van der Waals surface area contributed by atoms with Crippen molar-refractivity contribution in [2.24, 2.45) is 0 Å². The van der Waals surface area contributed by atoms with Crippen LogP contribution in [0.1, 0.15) is 28.8 Å². The predicted octanol–water partition coefficient (Wildman–Crippen LogP) is 4.69. The Bertz CT molecular complexity index is 808. The number of hydrogen-bond donors (Lipinski definition) is 1. The van der Waals surface area contributed by atoms with E-state index in [0.29, 0.717) is 5.92 Å². The van der Waals surface area contributed by atoms with Crippen LogP contribution in [-0.2, 0) is 6.42 Å². The first-order valence-electron chi connectivity index (χ1n) is 7.20. The molecule has 106 valence electrons. The van der Waals surface area contributed by atoms with Crippen molar-refractivity contribution in [3.8, 4) is 0 Å². The number of furan rings is 1. The Hall–Kier alpha value is -1.77. The molecule has 2 atom stereocenters. The van der Waals surface area contributed by atoms with Gasteiger partial charge in [-0.2, -0.15) is 0 Å². The van der Waals surface area contributed by atoms with E-state index in [1.807, 2.05) is 25.2 Å². The van der Waals surface area contributed by atoms with Crippen LogP contribution in [0, 0.1) is 0 Å². The highest BCUT2D eigenvalue weighted by Crippen LogP contribution is 2.44. The van der Waals surface area contributed by atoms with Crippen LogP contribution in [0.15, 0.2) is 52.9 Å². The second kappa shape index (κ2) is 4.90. The number of benzene rings is 2. The third-order valence-corrected chi connectivity index (χ3v) is 4.65. The summed E-state index contributed by atoms with van der Waals surface area (Å²) in [5, 5.41) is 5.21. The summed E-state index contributed by atoms with van der Waals surface area (Å²) in [5.74, 6) is 1.46. The Labute approximate surface area is 128 Å². The average molecular weight is 298 g/mol. The molecule has 1 aliphatic carbocycles. The van der Waals surface area contributed by atoms with E-state index in [1.165, 1.54) is 11.1 Å². The van der Waals surface area contributed by atoms with Crippen molar-refractivity contribution in [3.63, 3.8) is 0 Å². The third kappa shape index (κ3) is 2.06. The summed E-state index contributed by atoms with van der Waals surface area (Å²) in [6, 6.07) is 16.7. The summed E-state index contributed by atoms with van der Waals surface area (Å²) in [6.45, 7) is 0. The Morgan fingerprint density at radius 3 is 2.86 bits per heavy atom. The summed E-state index contributed by atoms with van der Waals surface area (Å²) >= 11 is 6.05. The van der Waals surface area contributed by atoms with Gasteiger partial charge < -0.3 is 9.73 Å². The highest BCUT2D eigenvalue weighted by Gasteiger charge is 2.34. The van der Waals surface area contributed by atoms with Gasteiger partial charge in [0.25, 0.3) is 0 Å². The number of rotatable bonds is 3. The van der Waals surface area contributed by atoms with Gasteiger partial charge in [0, 0.05) is 16.3 Å². The second-order valence-corrected chi connectivity index (χ2v) is 6.04. The van der Waals surface area contributed by atoms with E-state index in [1.54, 1.807) is 0 Å². The van der Waals surface area contributed by atoms with E-state index in [0.717, 1.165) is 28.2 Å². The molecular formula is C18H16ClNO. The number of nitrogens with one attached hydrogen (secondary N) is 1. The number of halogens is 1. The van der Waals surface area contributed by atoms with Crippen molar-refractivity contribution >= 4 is 22.6 Å². The SMILES string of the molecule is CNC(c1cc2cc(Cl)ccc2o1)C1Cc2ccccc21. The summed E-state index contributed by atoms with van der Waals surface area (Å²) < 4.78 is 6.03. The lowest BCUT2D eigenvalue weighted by Crippen LogP contribution is -2.31. The molecule has 1 aliphatic rings. The van der Waals surface area contributed by atoms with E-state index in [2.05, 4.69) is 35.6 Å². The molecule has 2 nitrogen and oxygen atoms in total. The molecule has 2 unspecified atom stereocenters. The molecule has 1 heterocycles. The molecule has 0 saturated carbocycles. The maximum atomic E-state index is 6.05. The molecule has 0 aliphatic heterocycles. The molecule has 0 saturated heterocycles. The van der Waals surface area contributed by atoms with Gasteiger partial charge in [0.1, 0.15) is 11.3 Å². The molecule has 2 aromatic carbocycles. The molecule has 0 spiro atoms. The fourth-order valence-corrected chi connectivity index (χ4v) is 3.51. The zero-order valence-corrected chi connectivity index (χ0v) is 12.5. The lowest BCUT2D eigenvalue weighted by atomic mass is 9.73. The largest absolute Gasteiger partial charge is 0.459 e. The van der Waals surface area contributed by atoms with E-state index in [4.69, 9.17) is 16.0 Å². The van der Waals surface area contributed by atoms with Gasteiger partial charge in [-0.05, 0) is 48.9 Å². The highest BCUT2D eigenvalue weighted by atomic mass is 35.5. The maximum Gasteiger partial charge on any atom is 0.134 e. The van der Waals surface area contributed by atoms with Crippen molar-refractivity contribution < 1.29 is 4.42 Å². The van der Waals surface area contributed by atoms with Crippen LogP contribution in [0.25, 0.3) is 11.0 Å². The number of likely N-dealkylation sites (N-methyl/N-ethyl adjacent to an activating group) is 1. The smallest absolute Gasteiger partial charge is 0.134 e. The van der Waals surface area contributed by atoms with Crippen molar-refractivity contribution in [1.29, 1.82) is 0 Å². The summed E-state index contributed by atoms with van der Waals surface area (Å²) in [4.78, 5) is 0. The quantitative estimate of drug-likeness (QED) is 0.759. The molecule has 0 radical (unpaired) electrons. The molecule has 0 amide bonds. The zero-order valence-electron chi connectivity index (χ0n) is 11.8. The van der Waals surface area contributed by atoms with E-state index in [-0.39, 0.29) is 6.04 Å². The van der Waals surface area contributed by atoms with Gasteiger partial charge in [0.2, 0.25) is 0 Å². The fourth-order valence-electron chi connectivity index (χ4n) is 3.32. The van der Waals surface area contributed by atoms with E-state index >= 15 is 0 Å². The fraction of sp³-hybridized carbons (Fsp3) is 0.222. The monoisotopic (exact) mass is 297 g/mol. The summed E-state index contributed by atoms with van der Waals surface area (Å²) in [7, 11) is 1.99. The van der Waals surface area contributed by atoms with Crippen LogP contribution in [-0.4, -0.2) is 7.05 Å². The molecule has 1 N–H and O–H groups in total. The molecule has 0 bridgehead atoms. The molecule has 3 heteroatoms. The van der Waals surface area contributed by atoms with Crippen LogP contribution in [0.3, 0.4) is 0 Å². The van der Waals surface area contributed by atoms with Crippen LogP contribution in [0.5, 0.6) is 0 Å². The number of hydrogen-bond acceptors (Lipinski definition) is 2. The van der Waals surface area contributed by atoms with Gasteiger partial charge in [-0.3, -0.25) is 0 Å². The van der Waals surface area contributed by atoms with Crippen LogP contribution in [0.2, 0.25) is 5.02 Å². The van der Waals surface area contributed by atoms with E-state index in [9.17, 15) is 0 Å². The van der Waals surface area contributed by atoms with Crippen molar-refractivity contribution in [2.45, 2.75) is 18.4 Å². The van der Waals surface area contributed by atoms with E-state index < -0.39 is 0 Å². The average Bonchev–Trinajstić information content (AvgIpc) is 2.87. The van der Waals surface area contributed by atoms with Gasteiger partial charge in [-0.25, -0.2) is 0 Å². The van der Waals surface area contributed by atoms with Crippen LogP contribution < -0.4 is 5.32 Å². The Morgan fingerprint density at radius 2 is 2.05 bits per heavy atom. The normalized spacial score (nSPS) is 18.3. The van der Waals surface area contributed by atoms with Crippen molar-refractivity contribution in [3.05, 3.63) is 70.4 Å². The minimum absolute atomic E-state index is 0.200. The number of fused-ring (bicyclic) bond motifs is 2. The molecule has 1 aromatic heterocycles. The molecule has 3 aromatic rings. The van der Waals surface area contributed by atoms with Gasteiger partial charge in [0.05, 0.1) is 6.04 Å². The molecule has 4 rings (SSSR count). The Kier molecular flexibility index (Phi) is 3.02. The summed E-state index contributed by atoms with van der Waals surface area (Å²) in [5.41, 5.74) is 3.76. The Balaban J connectivity index is 1.72. The first-order chi connectivity index (χ1) is 10.3. The first-order valence-corrected chi connectivity index (χ1v) is 7.58. The van der Waals surface area contributed by atoms with Gasteiger partial charge >= 0.3 is 0 Å². The first kappa shape index (κ1) is 12.9. The van der Waals surface area contributed by atoms with Crippen molar-refractivity contribution in [1.82, 2.24) is 5.32 Å². The lowest BCUT2D eigenvalue weighted by molar-refractivity contribution is 0.372. The molecular weight excluding hydrogens is 282 g/mol. The second-order valence-electron chi connectivity index (χ2n) is 5.61. The van der Waals surface area contributed by atoms with Crippen molar-refractivity contribution in [2.75, 3.05) is 7.05 Å². The third-order valence-electron chi connectivity index (χ3n) is 4.41. The minimum atomic E-state index is 0.200. The van der Waals surface area contributed by atoms with Crippen LogP contribution >= 0.6 is 11.6 Å². The standard InChI is InChI=1S/C18H16ClNO/c1-20-18(15-9-11-4-2-3-5-14(11)15)17-10-12-8-13(19)6-7-16(12)21-17/h2-8,10,15,18,20H,9H2,1H3. The lowest BCUT2D eigenvalue weighted by Gasteiger charge is -2.35. The van der Waals surface area contributed by atoms with Gasteiger partial charge in [-0.1, -0.05) is 35.9 Å². The van der Waals surface area contributed by atoms with Crippen LogP contribution in [0.4, 0.5) is 0 Å². The van der Waals surface area contributed by atoms with Gasteiger partial charge in [0.15, 0.2) is 0 Å². The highest BCUT2D eigenvalue weighted by molar-refractivity contribution is 6.31. The zero-order chi connectivity index (χ0) is 14.4. The topological polar surface area (TPSA) is 25.2 Å². The van der Waals surface area contributed by atoms with Gasteiger partial charge in [-0.15, -0.1) is 0 Å². The molecule has 0 fully saturated rings. The predicted molar refractivity (Wildman–Crippen MR) is 85.9 cm³/mol. The maximum absolute atomic E-state index is 6.05. The minimum Gasteiger partial charge on any atom is -0.459 e. The summed E-state index contributed by atoms with van der Waals surface area (Å²) in [6.07, 6.45) is 1.10.